The molecule has 0 unspecified atom stereocenters. The van der Waals surface area contributed by atoms with E-state index in [2.05, 4.69) is 0 Å². The summed E-state index contributed by atoms with van der Waals surface area (Å²) >= 11 is 0. The summed E-state index contributed by atoms with van der Waals surface area (Å²) in [6, 6.07) is 0. The molecule has 0 aliphatic carbocycles. The van der Waals surface area contributed by atoms with Crippen LogP contribution in [-0.2, 0) is 9.59 Å². The van der Waals surface area contributed by atoms with Crippen molar-refractivity contribution in [3.05, 3.63) is 0 Å². The normalized spacial score (nSPS) is 11.5. The summed E-state index contributed by atoms with van der Waals surface area (Å²) in [4.78, 5) is 21.9. The van der Waals surface area contributed by atoms with Crippen LogP contribution in [0.3, 0.4) is 0 Å². The number of carbonyl (C=O) groups excluding carboxylic acids is 2. The molecule has 0 saturated heterocycles. The molecule has 0 atom stereocenters. The maximum Gasteiger partial charge on any atom is 0.0476 e. The van der Waals surface area contributed by atoms with Crippen molar-refractivity contribution < 1.29 is 30.0 Å². The van der Waals surface area contributed by atoms with Crippen LogP contribution in [0.2, 0.25) is 0 Å². The second-order valence-electron chi connectivity index (χ2n) is 5.15. The van der Waals surface area contributed by atoms with Crippen LogP contribution in [0.15, 0.2) is 0 Å². The van der Waals surface area contributed by atoms with Crippen LogP contribution < -0.4 is 10.2 Å². The minimum Gasteiger partial charge on any atom is -0.550 e. The zero-order chi connectivity index (χ0) is 15.4. The van der Waals surface area contributed by atoms with Crippen LogP contribution in [0.4, 0.5) is 0 Å². The van der Waals surface area contributed by atoms with E-state index in [1.54, 1.807) is 0 Å². The molecule has 20 heavy (non-hydrogen) atoms. The number of hydrogen-bond acceptors (Lipinski definition) is 6. The van der Waals surface area contributed by atoms with Gasteiger partial charge in [-0.25, -0.2) is 0 Å². The summed E-state index contributed by atoms with van der Waals surface area (Å²) < 4.78 is 0. The summed E-state index contributed by atoms with van der Waals surface area (Å²) in [5.74, 6) is -2.37. The van der Waals surface area contributed by atoms with Gasteiger partial charge in [0.1, 0.15) is 0 Å². The van der Waals surface area contributed by atoms with Crippen LogP contribution >= 0.6 is 0 Å². The number of unbranched alkanes of at least 4 members (excludes halogenated alkanes) is 2. The minimum absolute atomic E-state index is 0.00118. The van der Waals surface area contributed by atoms with Gasteiger partial charge in [-0.15, -0.1) is 0 Å². The van der Waals surface area contributed by atoms with Crippen LogP contribution in [0.5, 0.6) is 0 Å². The Bertz CT molecular complexity index is 279. The van der Waals surface area contributed by atoms with Crippen LogP contribution in [-0.4, -0.2) is 35.4 Å². The molecule has 0 aliphatic heterocycles. The van der Waals surface area contributed by atoms with Gasteiger partial charge in [-0.2, -0.15) is 0 Å². The molecule has 0 aromatic rings. The highest BCUT2D eigenvalue weighted by molar-refractivity contribution is 5.72. The number of aliphatic carboxylic acids is 2. The average Bonchev–Trinajstić information content (AvgIpc) is 2.38. The van der Waals surface area contributed by atoms with Crippen molar-refractivity contribution in [1.29, 1.82) is 0 Å². The first kappa shape index (κ1) is 18.9. The third kappa shape index (κ3) is 7.45. The maximum atomic E-state index is 11.5. The second-order valence-corrected chi connectivity index (χ2v) is 5.15. The number of carboxylic acids is 2. The average molecular weight is 288 g/mol. The van der Waals surface area contributed by atoms with Gasteiger partial charge in [0.15, 0.2) is 0 Å². The molecule has 0 rings (SSSR count). The molecule has 0 fully saturated rings. The first-order valence-corrected chi connectivity index (χ1v) is 7.11. The zero-order valence-electron chi connectivity index (χ0n) is 11.8. The van der Waals surface area contributed by atoms with Crippen molar-refractivity contribution in [2.45, 2.75) is 57.8 Å². The molecule has 0 heterocycles. The standard InChI is InChI=1S/C14H26O6/c15-10-3-1-7-14(13(19)20,8-2-4-11-16)9-5-6-12(17)18/h15-16H,1-11H2,(H,17,18)(H,19,20)/p-2. The molecule has 6 nitrogen and oxygen atoms in total. The molecule has 0 amide bonds. The SMILES string of the molecule is O=C([O-])CCCC(CCCCO)(CCCCO)C(=O)[O-]. The summed E-state index contributed by atoms with van der Waals surface area (Å²) in [5.41, 5.74) is -1.07. The van der Waals surface area contributed by atoms with Gasteiger partial charge < -0.3 is 30.0 Å². The lowest BCUT2D eigenvalue weighted by Gasteiger charge is -2.35. The fourth-order valence-electron chi connectivity index (χ4n) is 2.40. The topological polar surface area (TPSA) is 121 Å². The largest absolute Gasteiger partial charge is 0.550 e. The maximum absolute atomic E-state index is 11.5. The Hall–Kier alpha value is -1.14. The fraction of sp³-hybridized carbons (Fsp3) is 0.857. The van der Waals surface area contributed by atoms with E-state index >= 15 is 0 Å². The molecule has 0 aromatic carbocycles. The van der Waals surface area contributed by atoms with Gasteiger partial charge in [-0.05, 0) is 44.9 Å². The molecule has 0 bridgehead atoms. The summed E-state index contributed by atoms with van der Waals surface area (Å²) in [6.07, 6.45) is 3.11. The van der Waals surface area contributed by atoms with Crippen molar-refractivity contribution in [3.63, 3.8) is 0 Å². The Kier molecular flexibility index (Phi) is 10.0. The molecule has 0 radical (unpaired) electrons. The summed E-state index contributed by atoms with van der Waals surface area (Å²) in [7, 11) is 0. The zero-order valence-corrected chi connectivity index (χ0v) is 11.8. The number of carboxylic acid groups (broad SMARTS) is 2. The highest BCUT2D eigenvalue weighted by Crippen LogP contribution is 2.36. The molecule has 2 N–H and O–H groups in total. The first-order valence-electron chi connectivity index (χ1n) is 7.11. The fourth-order valence-corrected chi connectivity index (χ4v) is 2.40. The van der Waals surface area contributed by atoms with E-state index in [-0.39, 0.29) is 32.5 Å². The number of aliphatic hydroxyl groups excluding tert-OH is 2. The van der Waals surface area contributed by atoms with Crippen LogP contribution in [0, 0.1) is 5.41 Å². The molecule has 0 aromatic heterocycles. The smallest absolute Gasteiger partial charge is 0.0476 e. The number of hydrogen-bond donors (Lipinski definition) is 2. The van der Waals surface area contributed by atoms with Gasteiger partial charge in [0.2, 0.25) is 0 Å². The van der Waals surface area contributed by atoms with E-state index in [1.165, 1.54) is 0 Å². The Labute approximate surface area is 119 Å². The van der Waals surface area contributed by atoms with E-state index < -0.39 is 17.4 Å². The third-order valence-corrected chi connectivity index (χ3v) is 3.60. The van der Waals surface area contributed by atoms with E-state index in [0.29, 0.717) is 38.5 Å². The second kappa shape index (κ2) is 10.6. The lowest BCUT2D eigenvalue weighted by molar-refractivity contribution is -0.321. The molecular formula is C14H24O6-2. The highest BCUT2D eigenvalue weighted by atomic mass is 16.4. The molecule has 0 saturated carbocycles. The van der Waals surface area contributed by atoms with E-state index in [9.17, 15) is 19.8 Å². The van der Waals surface area contributed by atoms with Crippen molar-refractivity contribution >= 4 is 11.9 Å². The predicted molar refractivity (Wildman–Crippen MR) is 68.2 cm³/mol. The third-order valence-electron chi connectivity index (χ3n) is 3.60. The molecule has 0 aliphatic rings. The van der Waals surface area contributed by atoms with Crippen molar-refractivity contribution in [1.82, 2.24) is 0 Å². The Morgan fingerprint density at radius 3 is 1.60 bits per heavy atom. The Morgan fingerprint density at radius 1 is 0.800 bits per heavy atom. The van der Waals surface area contributed by atoms with Crippen molar-refractivity contribution in [2.24, 2.45) is 5.41 Å². The van der Waals surface area contributed by atoms with Gasteiger partial charge in [0, 0.05) is 30.6 Å². The lowest BCUT2D eigenvalue weighted by Crippen LogP contribution is -2.43. The molecular weight excluding hydrogens is 264 g/mol. The molecule has 0 spiro atoms. The van der Waals surface area contributed by atoms with Gasteiger partial charge in [-0.3, -0.25) is 0 Å². The van der Waals surface area contributed by atoms with Gasteiger partial charge >= 0.3 is 0 Å². The Balaban J connectivity index is 4.63. The van der Waals surface area contributed by atoms with E-state index in [1.807, 2.05) is 0 Å². The van der Waals surface area contributed by atoms with Crippen molar-refractivity contribution in [2.75, 3.05) is 13.2 Å². The summed E-state index contributed by atoms with van der Waals surface area (Å²) in [6.45, 7) is -0.00235. The van der Waals surface area contributed by atoms with Crippen LogP contribution in [0.25, 0.3) is 0 Å². The van der Waals surface area contributed by atoms with Crippen LogP contribution in [0.1, 0.15) is 57.8 Å². The minimum atomic E-state index is -1.19. The lowest BCUT2D eigenvalue weighted by atomic mass is 9.74. The monoisotopic (exact) mass is 288 g/mol. The quantitative estimate of drug-likeness (QED) is 0.418. The highest BCUT2D eigenvalue weighted by Gasteiger charge is 2.30. The van der Waals surface area contributed by atoms with Gasteiger partial charge in [0.25, 0.3) is 0 Å². The number of aliphatic hydroxyl groups is 2. The van der Waals surface area contributed by atoms with E-state index in [0.717, 1.165) is 0 Å². The number of rotatable bonds is 13. The van der Waals surface area contributed by atoms with Gasteiger partial charge in [0.05, 0.1) is 0 Å². The number of carbonyl (C=O) groups is 2. The Morgan fingerprint density at radius 2 is 1.25 bits per heavy atom. The predicted octanol–water partition coefficient (Wildman–Crippen LogP) is -1.03. The first-order chi connectivity index (χ1) is 9.48. The summed E-state index contributed by atoms with van der Waals surface area (Å²) in [5, 5.41) is 39.5. The van der Waals surface area contributed by atoms with Crippen molar-refractivity contribution in [3.8, 4) is 0 Å². The molecule has 6 heteroatoms. The van der Waals surface area contributed by atoms with E-state index in [4.69, 9.17) is 10.2 Å². The van der Waals surface area contributed by atoms with Gasteiger partial charge in [-0.1, -0.05) is 12.8 Å². The molecule has 118 valence electrons.